The van der Waals surface area contributed by atoms with Crippen LogP contribution in [0.1, 0.15) is 24.1 Å². The molecule has 9 heteroatoms. The van der Waals surface area contributed by atoms with Gasteiger partial charge < -0.3 is 14.6 Å². The van der Waals surface area contributed by atoms with Crippen molar-refractivity contribution >= 4 is 32.5 Å². The Morgan fingerprint density at radius 1 is 1.02 bits per heavy atom. The fourth-order valence-electron chi connectivity index (χ4n) is 6.01. The molecule has 0 saturated carbocycles. The number of rotatable bonds is 6. The molecule has 2 aromatic carbocycles. The quantitative estimate of drug-likeness (QED) is 0.321. The lowest BCUT2D eigenvalue weighted by Gasteiger charge is -2.32. The van der Waals surface area contributed by atoms with Crippen LogP contribution < -0.4 is 16.4 Å². The highest BCUT2D eigenvalue weighted by Crippen LogP contribution is 2.27. The van der Waals surface area contributed by atoms with Crippen LogP contribution in [-0.4, -0.2) is 38.2 Å². The Morgan fingerprint density at radius 3 is 2.61 bits per heavy atom. The predicted molar refractivity (Wildman–Crippen MR) is 163 cm³/mol. The molecule has 0 bridgehead atoms. The third-order valence-corrected chi connectivity index (χ3v) is 9.20. The Labute approximate surface area is 240 Å². The first-order valence-corrected chi connectivity index (χ1v) is 14.9. The zero-order valence-corrected chi connectivity index (χ0v) is 23.6. The highest BCUT2D eigenvalue weighted by atomic mass is 32.1. The molecule has 2 aliphatic heterocycles. The topological polar surface area (TPSA) is 83.1 Å². The van der Waals surface area contributed by atoms with E-state index in [0.29, 0.717) is 40.7 Å². The van der Waals surface area contributed by atoms with Crippen molar-refractivity contribution in [3.8, 4) is 5.13 Å². The molecule has 2 aliphatic rings. The Hall–Kier alpha value is -4.21. The average molecular weight is 566 g/mol. The number of nitrogens with one attached hydrogen (secondary N) is 1. The van der Waals surface area contributed by atoms with Crippen LogP contribution in [0.3, 0.4) is 0 Å². The van der Waals surface area contributed by atoms with Crippen LogP contribution in [0.2, 0.25) is 0 Å². The number of aryl methyl sites for hydroxylation is 1. The van der Waals surface area contributed by atoms with Gasteiger partial charge >= 0.3 is 0 Å². The van der Waals surface area contributed by atoms with Crippen LogP contribution in [0.15, 0.2) is 94.2 Å². The molecule has 0 amide bonds. The standard InChI is InChI=1S/C32H31N5O3S/c1-21-30-27(18-29(38)35(21)20-24-10-7-12-25(33-24)23-14-16-40-17-15-23)36(19-22-8-3-2-4-9-22)37(31(30)39)32-34-26-11-5-6-13-28(26)41-32/h2-13,18,23,25,33H,14-17,19-20H2,1H3. The average Bonchev–Trinajstić information content (AvgIpc) is 3.54. The minimum Gasteiger partial charge on any atom is -0.381 e. The minimum atomic E-state index is -0.174. The van der Waals surface area contributed by atoms with Crippen LogP contribution in [0, 0.1) is 12.8 Å². The molecule has 3 aromatic heterocycles. The number of hydrogen-bond acceptors (Lipinski definition) is 6. The first kappa shape index (κ1) is 25.7. The summed E-state index contributed by atoms with van der Waals surface area (Å²) in [6.07, 6.45) is 8.31. The van der Waals surface area contributed by atoms with Crippen molar-refractivity contribution in [2.75, 3.05) is 13.2 Å². The lowest BCUT2D eigenvalue weighted by atomic mass is 9.90. The van der Waals surface area contributed by atoms with Gasteiger partial charge in [-0.05, 0) is 49.5 Å². The van der Waals surface area contributed by atoms with Gasteiger partial charge in [0.2, 0.25) is 5.13 Å². The molecular weight excluding hydrogens is 534 g/mol. The summed E-state index contributed by atoms with van der Waals surface area (Å²) >= 11 is 1.47. The third kappa shape index (κ3) is 4.75. The molecule has 41 heavy (non-hydrogen) atoms. The monoisotopic (exact) mass is 565 g/mol. The van der Waals surface area contributed by atoms with Crippen molar-refractivity contribution in [3.05, 3.63) is 117 Å². The van der Waals surface area contributed by atoms with E-state index in [1.165, 1.54) is 11.3 Å². The summed E-state index contributed by atoms with van der Waals surface area (Å²) in [4.78, 5) is 32.6. The summed E-state index contributed by atoms with van der Waals surface area (Å²) in [5.74, 6) is 0.497. The molecule has 7 rings (SSSR count). The van der Waals surface area contributed by atoms with Crippen LogP contribution >= 0.6 is 11.3 Å². The maximum Gasteiger partial charge on any atom is 0.283 e. The van der Waals surface area contributed by atoms with E-state index in [1.54, 1.807) is 15.3 Å². The molecule has 0 aliphatic carbocycles. The van der Waals surface area contributed by atoms with Crippen molar-refractivity contribution in [2.24, 2.45) is 5.92 Å². The van der Waals surface area contributed by atoms with Gasteiger partial charge in [-0.2, -0.15) is 4.68 Å². The lowest BCUT2D eigenvalue weighted by molar-refractivity contribution is 0.0599. The molecule has 5 heterocycles. The highest BCUT2D eigenvalue weighted by Gasteiger charge is 2.25. The van der Waals surface area contributed by atoms with Crippen molar-refractivity contribution in [1.82, 2.24) is 24.2 Å². The molecular formula is C32H31N5O3S. The molecule has 1 N–H and O–H groups in total. The number of nitrogens with zero attached hydrogens (tertiary/aromatic N) is 4. The Kier molecular flexibility index (Phi) is 6.68. The SMILES string of the molecule is Cc1c2c(=O)n(-c3nc4ccccc4s3)n(Cc3ccccc3)c2cc(=O)n1CC1=CC=CC(C2CCOCC2)N1. The maximum absolute atomic E-state index is 14.2. The second kappa shape index (κ2) is 10.6. The largest absolute Gasteiger partial charge is 0.381 e. The number of fused-ring (bicyclic) bond motifs is 2. The van der Waals surface area contributed by atoms with Gasteiger partial charge in [0.05, 0.1) is 34.2 Å². The van der Waals surface area contributed by atoms with Crippen LogP contribution in [-0.2, 0) is 17.8 Å². The molecule has 208 valence electrons. The van der Waals surface area contributed by atoms with Gasteiger partial charge in [0.1, 0.15) is 0 Å². The van der Waals surface area contributed by atoms with Gasteiger partial charge in [-0.1, -0.05) is 66.0 Å². The zero-order chi connectivity index (χ0) is 27.9. The zero-order valence-electron chi connectivity index (χ0n) is 22.8. The molecule has 1 fully saturated rings. The van der Waals surface area contributed by atoms with Gasteiger partial charge in [0, 0.05) is 36.7 Å². The lowest BCUT2D eigenvalue weighted by Crippen LogP contribution is -2.40. The molecule has 1 atom stereocenters. The smallest absolute Gasteiger partial charge is 0.283 e. The van der Waals surface area contributed by atoms with E-state index in [1.807, 2.05) is 72.3 Å². The predicted octanol–water partition coefficient (Wildman–Crippen LogP) is 4.76. The van der Waals surface area contributed by atoms with E-state index in [9.17, 15) is 9.59 Å². The highest BCUT2D eigenvalue weighted by molar-refractivity contribution is 7.20. The summed E-state index contributed by atoms with van der Waals surface area (Å²) in [6.45, 7) is 4.24. The van der Waals surface area contributed by atoms with Gasteiger partial charge in [-0.3, -0.25) is 14.3 Å². The summed E-state index contributed by atoms with van der Waals surface area (Å²) < 4.78 is 11.8. The van der Waals surface area contributed by atoms with Crippen LogP contribution in [0.4, 0.5) is 0 Å². The molecule has 5 aromatic rings. The summed E-state index contributed by atoms with van der Waals surface area (Å²) in [7, 11) is 0. The van der Waals surface area contributed by atoms with E-state index in [4.69, 9.17) is 9.72 Å². The Balaban J connectivity index is 1.33. The van der Waals surface area contributed by atoms with E-state index >= 15 is 0 Å². The van der Waals surface area contributed by atoms with Gasteiger partial charge in [-0.15, -0.1) is 0 Å². The van der Waals surface area contributed by atoms with Crippen molar-refractivity contribution in [3.63, 3.8) is 0 Å². The van der Waals surface area contributed by atoms with E-state index < -0.39 is 0 Å². The fourth-order valence-corrected chi connectivity index (χ4v) is 6.99. The van der Waals surface area contributed by atoms with E-state index in [-0.39, 0.29) is 17.2 Å². The van der Waals surface area contributed by atoms with Gasteiger partial charge in [-0.25, -0.2) is 4.98 Å². The number of para-hydroxylation sites is 1. The van der Waals surface area contributed by atoms with Crippen molar-refractivity contribution in [1.29, 1.82) is 0 Å². The van der Waals surface area contributed by atoms with Crippen LogP contribution in [0.5, 0.6) is 0 Å². The fraction of sp³-hybridized carbons (Fsp3) is 0.281. The number of benzene rings is 2. The third-order valence-electron chi connectivity index (χ3n) is 8.18. The van der Waals surface area contributed by atoms with Crippen molar-refractivity contribution < 1.29 is 4.74 Å². The molecule has 8 nitrogen and oxygen atoms in total. The summed E-state index contributed by atoms with van der Waals surface area (Å²) in [5, 5.41) is 4.76. The molecule has 0 spiro atoms. The van der Waals surface area contributed by atoms with E-state index in [0.717, 1.165) is 47.5 Å². The summed E-state index contributed by atoms with van der Waals surface area (Å²) in [5.41, 5.74) is 3.79. The number of thiazole rings is 1. The normalized spacial score (nSPS) is 17.7. The first-order valence-electron chi connectivity index (χ1n) is 14.0. The number of aromatic nitrogens is 4. The van der Waals surface area contributed by atoms with Crippen LogP contribution in [0.25, 0.3) is 26.3 Å². The van der Waals surface area contributed by atoms with Gasteiger partial charge in [0.15, 0.2) is 0 Å². The molecule has 1 unspecified atom stereocenters. The molecule has 0 radical (unpaired) electrons. The molecule has 1 saturated heterocycles. The maximum atomic E-state index is 14.2. The first-order chi connectivity index (χ1) is 20.1. The number of ether oxygens (including phenoxy) is 1. The number of pyridine rings is 1. The number of dihydropyridines is 1. The van der Waals surface area contributed by atoms with Crippen molar-refractivity contribution in [2.45, 2.75) is 38.9 Å². The second-order valence-electron chi connectivity index (χ2n) is 10.7. The Bertz CT molecular complexity index is 1890. The minimum absolute atomic E-state index is 0.141. The summed E-state index contributed by atoms with van der Waals surface area (Å²) in [6, 6.07) is 19.7. The van der Waals surface area contributed by atoms with Gasteiger partial charge in [0.25, 0.3) is 11.1 Å². The number of allylic oxidation sites excluding steroid dienone is 3. The van der Waals surface area contributed by atoms with E-state index in [2.05, 4.69) is 17.5 Å². The second-order valence-corrected chi connectivity index (χ2v) is 11.7. The number of hydrogen-bond donors (Lipinski definition) is 1. The Morgan fingerprint density at radius 2 is 1.80 bits per heavy atom.